The number of nitrogens with one attached hydrogen (secondary N) is 2. The molecule has 1 aliphatic rings. The van der Waals surface area contributed by atoms with E-state index in [9.17, 15) is 0 Å². The molecule has 1 atom stereocenters. The third-order valence-electron chi connectivity index (χ3n) is 4.61. The van der Waals surface area contributed by atoms with Crippen LogP contribution in [-0.4, -0.2) is 28.0 Å². The van der Waals surface area contributed by atoms with Gasteiger partial charge in [-0.25, -0.2) is 15.0 Å². The van der Waals surface area contributed by atoms with Gasteiger partial charge in [0.2, 0.25) is 0 Å². The van der Waals surface area contributed by atoms with Crippen molar-refractivity contribution in [3.8, 4) is 0 Å². The maximum atomic E-state index is 4.82. The quantitative estimate of drug-likeness (QED) is 0.762. The maximum absolute atomic E-state index is 4.82. The molecule has 0 aromatic carbocycles. The molecule has 0 fully saturated rings. The van der Waals surface area contributed by atoms with Crippen LogP contribution >= 0.6 is 36.2 Å². The molecule has 3 rings (SSSR count). The Morgan fingerprint density at radius 2 is 1.81 bits per heavy atom. The van der Waals surface area contributed by atoms with Crippen LogP contribution in [0.3, 0.4) is 0 Å². The largest absolute Gasteiger partial charge is 0.360 e. The average Bonchev–Trinajstić information content (AvgIpc) is 2.78. The van der Waals surface area contributed by atoms with E-state index < -0.39 is 0 Å². The minimum absolute atomic E-state index is 0. The number of anilines is 1. The van der Waals surface area contributed by atoms with Gasteiger partial charge < -0.3 is 10.6 Å². The van der Waals surface area contributed by atoms with Crippen molar-refractivity contribution in [2.75, 3.05) is 18.4 Å². The first-order valence-electron chi connectivity index (χ1n) is 8.92. The van der Waals surface area contributed by atoms with E-state index in [0.717, 1.165) is 61.1 Å². The summed E-state index contributed by atoms with van der Waals surface area (Å²) in [5.41, 5.74) is 3.62. The van der Waals surface area contributed by atoms with Gasteiger partial charge in [-0.2, -0.15) is 0 Å². The Morgan fingerprint density at radius 3 is 2.42 bits per heavy atom. The molecule has 0 radical (unpaired) electrons. The van der Waals surface area contributed by atoms with Crippen LogP contribution in [0.5, 0.6) is 0 Å². The molecule has 0 aliphatic carbocycles. The van der Waals surface area contributed by atoms with Crippen molar-refractivity contribution in [3.63, 3.8) is 0 Å². The first-order valence-corrected chi connectivity index (χ1v) is 9.73. The number of rotatable bonds is 5. The average molecular weight is 418 g/mol. The van der Waals surface area contributed by atoms with E-state index in [2.05, 4.69) is 38.3 Å². The number of aryl methyl sites for hydroxylation is 3. The molecule has 8 heteroatoms. The van der Waals surface area contributed by atoms with Crippen molar-refractivity contribution in [1.29, 1.82) is 0 Å². The summed E-state index contributed by atoms with van der Waals surface area (Å²) in [5.74, 6) is 1.94. The predicted octanol–water partition coefficient (Wildman–Crippen LogP) is 4.21. The fourth-order valence-electron chi connectivity index (χ4n) is 3.02. The van der Waals surface area contributed by atoms with Crippen LogP contribution in [0, 0.1) is 13.8 Å². The number of fused-ring (bicyclic) bond motifs is 1. The second kappa shape index (κ2) is 10.4. The lowest BCUT2D eigenvalue weighted by Crippen LogP contribution is -2.17. The molecule has 2 N–H and O–H groups in total. The summed E-state index contributed by atoms with van der Waals surface area (Å²) in [6, 6.07) is 0.210. The van der Waals surface area contributed by atoms with E-state index in [0.29, 0.717) is 0 Å². The minimum Gasteiger partial charge on any atom is -0.360 e. The van der Waals surface area contributed by atoms with Gasteiger partial charge in [0.05, 0.1) is 17.4 Å². The molecular weight excluding hydrogens is 389 g/mol. The van der Waals surface area contributed by atoms with Crippen molar-refractivity contribution in [2.45, 2.75) is 59.4 Å². The number of thiazole rings is 1. The Kier molecular flexibility index (Phi) is 9.24. The van der Waals surface area contributed by atoms with Crippen molar-refractivity contribution in [3.05, 3.63) is 32.7 Å². The first kappa shape index (κ1) is 23.1. The van der Waals surface area contributed by atoms with Gasteiger partial charge in [-0.3, -0.25) is 0 Å². The van der Waals surface area contributed by atoms with E-state index in [-0.39, 0.29) is 30.9 Å². The highest BCUT2D eigenvalue weighted by Crippen LogP contribution is 2.30. The Hall–Kier alpha value is -0.950. The van der Waals surface area contributed by atoms with Crippen LogP contribution in [0.15, 0.2) is 0 Å². The standard InChI is InChI=1S/C18H27N5S.2ClH/c1-5-14(18-20-11(3)12(4)24-18)22-17-13-7-9-19-10-8-15(13)21-16(6-2)23-17;;/h14,19H,5-10H2,1-4H3,(H,21,22,23);2*1H. The summed E-state index contributed by atoms with van der Waals surface area (Å²) >= 11 is 1.79. The molecular formula is C18H29Cl2N5S. The second-order valence-electron chi connectivity index (χ2n) is 6.32. The van der Waals surface area contributed by atoms with Crippen molar-refractivity contribution in [2.24, 2.45) is 0 Å². The van der Waals surface area contributed by atoms with Gasteiger partial charge in [0, 0.05) is 29.8 Å². The highest BCUT2D eigenvalue weighted by atomic mass is 35.5. The highest BCUT2D eigenvalue weighted by molar-refractivity contribution is 7.11. The van der Waals surface area contributed by atoms with Gasteiger partial charge in [-0.05, 0) is 33.2 Å². The molecule has 146 valence electrons. The number of hydrogen-bond donors (Lipinski definition) is 2. The van der Waals surface area contributed by atoms with Crippen LogP contribution in [0.4, 0.5) is 5.82 Å². The van der Waals surface area contributed by atoms with Crippen molar-refractivity contribution < 1.29 is 0 Å². The van der Waals surface area contributed by atoms with Crippen LogP contribution in [0.2, 0.25) is 0 Å². The lowest BCUT2D eigenvalue weighted by molar-refractivity contribution is 0.707. The number of halogens is 2. The van der Waals surface area contributed by atoms with Crippen LogP contribution in [0.1, 0.15) is 59.0 Å². The maximum Gasteiger partial charge on any atom is 0.133 e. The Balaban J connectivity index is 0.00000169. The first-order chi connectivity index (χ1) is 11.6. The fourth-order valence-corrected chi connectivity index (χ4v) is 4.08. The fraction of sp³-hybridized carbons (Fsp3) is 0.611. The van der Waals surface area contributed by atoms with E-state index in [1.807, 2.05) is 0 Å². The Morgan fingerprint density at radius 1 is 1.08 bits per heavy atom. The van der Waals surface area contributed by atoms with Crippen LogP contribution < -0.4 is 10.6 Å². The molecule has 0 bridgehead atoms. The monoisotopic (exact) mass is 417 g/mol. The lowest BCUT2D eigenvalue weighted by Gasteiger charge is -2.19. The van der Waals surface area contributed by atoms with Gasteiger partial charge in [-0.15, -0.1) is 36.2 Å². The van der Waals surface area contributed by atoms with E-state index in [4.69, 9.17) is 15.0 Å². The van der Waals surface area contributed by atoms with E-state index in [1.54, 1.807) is 11.3 Å². The van der Waals surface area contributed by atoms with Gasteiger partial charge in [0.1, 0.15) is 16.6 Å². The van der Waals surface area contributed by atoms with Crippen LogP contribution in [-0.2, 0) is 19.3 Å². The number of nitrogens with zero attached hydrogens (tertiary/aromatic N) is 3. The summed E-state index contributed by atoms with van der Waals surface area (Å²) in [5, 5.41) is 8.31. The number of aromatic nitrogens is 3. The van der Waals surface area contributed by atoms with Gasteiger partial charge in [0.25, 0.3) is 0 Å². The molecule has 5 nitrogen and oxygen atoms in total. The third kappa shape index (κ3) is 5.06. The molecule has 0 spiro atoms. The summed E-state index contributed by atoms with van der Waals surface area (Å²) in [6.07, 6.45) is 3.81. The van der Waals surface area contributed by atoms with E-state index in [1.165, 1.54) is 16.1 Å². The molecule has 26 heavy (non-hydrogen) atoms. The Labute approximate surface area is 172 Å². The molecule has 2 aromatic heterocycles. The summed E-state index contributed by atoms with van der Waals surface area (Å²) in [7, 11) is 0. The summed E-state index contributed by atoms with van der Waals surface area (Å²) in [4.78, 5) is 15.6. The Bertz CT molecular complexity index is 700. The molecule has 0 saturated carbocycles. The van der Waals surface area contributed by atoms with Crippen molar-refractivity contribution >= 4 is 42.0 Å². The smallest absolute Gasteiger partial charge is 0.133 e. The molecule has 1 aliphatic heterocycles. The zero-order valence-electron chi connectivity index (χ0n) is 15.9. The zero-order chi connectivity index (χ0) is 17.1. The molecule has 0 saturated heterocycles. The van der Waals surface area contributed by atoms with Crippen molar-refractivity contribution in [1.82, 2.24) is 20.3 Å². The normalized spacial score (nSPS) is 14.5. The third-order valence-corrected chi connectivity index (χ3v) is 5.79. The summed E-state index contributed by atoms with van der Waals surface area (Å²) in [6.45, 7) is 10.5. The second-order valence-corrected chi connectivity index (χ2v) is 7.55. The highest BCUT2D eigenvalue weighted by Gasteiger charge is 2.21. The molecule has 2 aromatic rings. The SMILES string of the molecule is CCc1nc2c(c(NC(CC)c3nc(C)c(C)s3)n1)CCNCC2.Cl.Cl. The lowest BCUT2D eigenvalue weighted by atomic mass is 10.1. The molecule has 0 amide bonds. The van der Waals surface area contributed by atoms with Crippen LogP contribution in [0.25, 0.3) is 0 Å². The molecule has 3 heterocycles. The number of hydrogen-bond acceptors (Lipinski definition) is 6. The minimum atomic E-state index is 0. The van der Waals surface area contributed by atoms with Gasteiger partial charge in [0.15, 0.2) is 0 Å². The summed E-state index contributed by atoms with van der Waals surface area (Å²) < 4.78 is 0. The van der Waals surface area contributed by atoms with Gasteiger partial charge in [-0.1, -0.05) is 13.8 Å². The predicted molar refractivity (Wildman–Crippen MR) is 114 cm³/mol. The van der Waals surface area contributed by atoms with Gasteiger partial charge >= 0.3 is 0 Å². The molecule has 1 unspecified atom stereocenters. The van der Waals surface area contributed by atoms with E-state index >= 15 is 0 Å². The topological polar surface area (TPSA) is 62.7 Å². The zero-order valence-corrected chi connectivity index (χ0v) is 18.3.